The lowest BCUT2D eigenvalue weighted by Gasteiger charge is -2.28. The fourth-order valence-corrected chi connectivity index (χ4v) is 5.74. The molecule has 0 aromatic heterocycles. The van der Waals surface area contributed by atoms with E-state index in [9.17, 15) is 14.4 Å². The largest absolute Gasteiger partial charge is 0.481 e. The zero-order valence-corrected chi connectivity index (χ0v) is 19.7. The van der Waals surface area contributed by atoms with Crippen LogP contribution in [0.5, 0.6) is 0 Å². The number of carboxylic acid groups (broad SMARTS) is 1. The van der Waals surface area contributed by atoms with Gasteiger partial charge in [0.05, 0.1) is 5.92 Å². The number of amides is 2. The summed E-state index contributed by atoms with van der Waals surface area (Å²) in [6, 6.07) is 16.5. The second kappa shape index (κ2) is 10.1. The number of fused-ring (bicyclic) bond motifs is 3. The summed E-state index contributed by atoms with van der Waals surface area (Å²) in [5.74, 6) is -0.842. The number of hydrogen-bond donors (Lipinski definition) is 3. The normalized spacial score (nSPS) is 24.7. The molecule has 184 valence electrons. The third-order valence-electron chi connectivity index (χ3n) is 7.81. The topological polar surface area (TPSA) is 105 Å². The molecule has 2 unspecified atom stereocenters. The van der Waals surface area contributed by atoms with Crippen LogP contribution in [0.2, 0.25) is 0 Å². The second-order valence-electron chi connectivity index (χ2n) is 10.1. The molecule has 2 aromatic carbocycles. The highest BCUT2D eigenvalue weighted by atomic mass is 16.5. The SMILES string of the molecule is O=C(NCC1CCCC(C(=O)NC[C@H]2C[C@H]2C(=O)O)C1)OCC1c2ccccc2-c2ccccc21. The van der Waals surface area contributed by atoms with Crippen LogP contribution in [-0.2, 0) is 14.3 Å². The summed E-state index contributed by atoms with van der Waals surface area (Å²) in [5, 5.41) is 14.8. The first-order chi connectivity index (χ1) is 17.0. The molecular formula is C28H32N2O5. The van der Waals surface area contributed by atoms with Crippen molar-refractivity contribution in [1.82, 2.24) is 10.6 Å². The van der Waals surface area contributed by atoms with E-state index in [1.807, 2.05) is 24.3 Å². The molecule has 2 amide bonds. The number of ether oxygens (including phenoxy) is 1. The van der Waals surface area contributed by atoms with E-state index in [1.54, 1.807) is 0 Å². The van der Waals surface area contributed by atoms with Crippen LogP contribution in [0.1, 0.15) is 49.1 Å². The molecule has 0 saturated heterocycles. The molecule has 0 bridgehead atoms. The minimum Gasteiger partial charge on any atom is -0.481 e. The van der Waals surface area contributed by atoms with E-state index >= 15 is 0 Å². The fraction of sp³-hybridized carbons (Fsp3) is 0.464. The number of nitrogens with one attached hydrogen (secondary N) is 2. The molecule has 7 nitrogen and oxygen atoms in total. The van der Waals surface area contributed by atoms with Crippen molar-refractivity contribution in [2.24, 2.45) is 23.7 Å². The van der Waals surface area contributed by atoms with Crippen LogP contribution in [0.15, 0.2) is 48.5 Å². The van der Waals surface area contributed by atoms with Gasteiger partial charge in [-0.05, 0) is 59.8 Å². The summed E-state index contributed by atoms with van der Waals surface area (Å²) in [4.78, 5) is 36.0. The molecule has 3 N–H and O–H groups in total. The number of carbonyl (C=O) groups is 3. The number of alkyl carbamates (subject to hydrolysis) is 1. The first-order valence-electron chi connectivity index (χ1n) is 12.6. The predicted molar refractivity (Wildman–Crippen MR) is 131 cm³/mol. The van der Waals surface area contributed by atoms with Crippen molar-refractivity contribution in [2.75, 3.05) is 19.7 Å². The van der Waals surface area contributed by atoms with E-state index in [2.05, 4.69) is 34.9 Å². The molecule has 3 aliphatic carbocycles. The number of hydrogen-bond acceptors (Lipinski definition) is 4. The maximum atomic E-state index is 12.6. The van der Waals surface area contributed by atoms with Crippen LogP contribution < -0.4 is 10.6 Å². The number of carboxylic acids is 1. The average Bonchev–Trinajstić information content (AvgIpc) is 3.60. The van der Waals surface area contributed by atoms with Crippen LogP contribution >= 0.6 is 0 Å². The molecule has 0 radical (unpaired) electrons. The fourth-order valence-electron chi connectivity index (χ4n) is 5.74. The van der Waals surface area contributed by atoms with Crippen LogP contribution in [0.3, 0.4) is 0 Å². The molecule has 2 aromatic rings. The lowest BCUT2D eigenvalue weighted by atomic mass is 9.81. The molecule has 2 saturated carbocycles. The molecule has 0 spiro atoms. The van der Waals surface area contributed by atoms with Crippen LogP contribution in [0.25, 0.3) is 11.1 Å². The molecule has 0 heterocycles. The van der Waals surface area contributed by atoms with E-state index in [4.69, 9.17) is 9.84 Å². The third kappa shape index (κ3) is 5.19. The van der Waals surface area contributed by atoms with Crippen molar-refractivity contribution in [1.29, 1.82) is 0 Å². The highest BCUT2D eigenvalue weighted by molar-refractivity contribution is 5.80. The van der Waals surface area contributed by atoms with Gasteiger partial charge in [0, 0.05) is 24.9 Å². The Morgan fingerprint density at radius 1 is 0.886 bits per heavy atom. The summed E-state index contributed by atoms with van der Waals surface area (Å²) in [6.45, 7) is 1.22. The van der Waals surface area contributed by atoms with Crippen LogP contribution in [0, 0.1) is 23.7 Å². The van der Waals surface area contributed by atoms with E-state index in [0.717, 1.165) is 25.7 Å². The van der Waals surface area contributed by atoms with Crippen LogP contribution in [0.4, 0.5) is 4.79 Å². The van der Waals surface area contributed by atoms with Gasteiger partial charge in [-0.15, -0.1) is 0 Å². The lowest BCUT2D eigenvalue weighted by molar-refractivity contribution is -0.139. The first kappa shape index (κ1) is 23.4. The quantitative estimate of drug-likeness (QED) is 0.531. The Hall–Kier alpha value is -3.35. The maximum absolute atomic E-state index is 12.6. The van der Waals surface area contributed by atoms with E-state index in [1.165, 1.54) is 22.3 Å². The molecule has 0 aliphatic heterocycles. The van der Waals surface area contributed by atoms with Crippen molar-refractivity contribution >= 4 is 18.0 Å². The Bertz CT molecular complexity index is 1070. The van der Waals surface area contributed by atoms with Gasteiger partial charge in [-0.1, -0.05) is 55.0 Å². The Kier molecular flexibility index (Phi) is 6.75. The summed E-state index contributed by atoms with van der Waals surface area (Å²) in [6.07, 6.45) is 3.69. The van der Waals surface area contributed by atoms with Crippen molar-refractivity contribution in [2.45, 2.75) is 38.0 Å². The molecule has 2 fully saturated rings. The average molecular weight is 477 g/mol. The minimum atomic E-state index is -0.777. The van der Waals surface area contributed by atoms with Gasteiger partial charge >= 0.3 is 12.1 Å². The Balaban J connectivity index is 1.07. The first-order valence-corrected chi connectivity index (χ1v) is 12.6. The summed E-state index contributed by atoms with van der Waals surface area (Å²) < 4.78 is 5.63. The monoisotopic (exact) mass is 476 g/mol. The van der Waals surface area contributed by atoms with Crippen molar-refractivity contribution < 1.29 is 24.2 Å². The Morgan fingerprint density at radius 3 is 2.23 bits per heavy atom. The van der Waals surface area contributed by atoms with Gasteiger partial charge in [-0.3, -0.25) is 9.59 Å². The molecule has 5 rings (SSSR count). The lowest BCUT2D eigenvalue weighted by Crippen LogP contribution is -2.38. The van der Waals surface area contributed by atoms with Gasteiger partial charge < -0.3 is 20.5 Å². The van der Waals surface area contributed by atoms with Crippen LogP contribution in [-0.4, -0.2) is 42.8 Å². The summed E-state index contributed by atoms with van der Waals surface area (Å²) in [7, 11) is 0. The van der Waals surface area contributed by atoms with Crippen molar-refractivity contribution in [3.8, 4) is 11.1 Å². The third-order valence-corrected chi connectivity index (χ3v) is 7.81. The van der Waals surface area contributed by atoms with Crippen molar-refractivity contribution in [3.63, 3.8) is 0 Å². The highest BCUT2D eigenvalue weighted by Crippen LogP contribution is 2.44. The minimum absolute atomic E-state index is 0.00637. The molecule has 35 heavy (non-hydrogen) atoms. The number of rotatable bonds is 8. The predicted octanol–water partition coefficient (Wildman–Crippen LogP) is 4.17. The molecular weight excluding hydrogens is 444 g/mol. The highest BCUT2D eigenvalue weighted by Gasteiger charge is 2.43. The number of carbonyl (C=O) groups excluding carboxylic acids is 2. The number of benzene rings is 2. The second-order valence-corrected chi connectivity index (χ2v) is 10.1. The summed E-state index contributed by atoms with van der Waals surface area (Å²) >= 11 is 0. The molecule has 4 atom stereocenters. The smallest absolute Gasteiger partial charge is 0.407 e. The zero-order chi connectivity index (χ0) is 24.4. The molecule has 7 heteroatoms. The van der Waals surface area contributed by atoms with Gasteiger partial charge in [0.1, 0.15) is 6.61 Å². The number of aliphatic carboxylic acids is 1. The van der Waals surface area contributed by atoms with Gasteiger partial charge in [0.15, 0.2) is 0 Å². The maximum Gasteiger partial charge on any atom is 0.407 e. The van der Waals surface area contributed by atoms with Gasteiger partial charge in [0.25, 0.3) is 0 Å². The van der Waals surface area contributed by atoms with E-state index in [0.29, 0.717) is 19.5 Å². The van der Waals surface area contributed by atoms with Gasteiger partial charge in [-0.2, -0.15) is 0 Å². The Morgan fingerprint density at radius 2 is 1.57 bits per heavy atom. The standard InChI is InChI=1S/C28H32N2O5/c31-26(29-15-19-13-24(19)27(32)33)18-7-5-6-17(12-18)14-30-28(34)35-16-25-22-10-3-1-8-20(22)21-9-2-4-11-23(21)25/h1-4,8-11,17-19,24-25H,5-7,12-16H2,(H,29,31)(H,30,34)(H,32,33)/t17?,18?,19-,24-/m1/s1. The van der Waals surface area contributed by atoms with E-state index < -0.39 is 12.1 Å². The summed E-state index contributed by atoms with van der Waals surface area (Å²) in [5.41, 5.74) is 4.76. The van der Waals surface area contributed by atoms with Gasteiger partial charge in [0.2, 0.25) is 5.91 Å². The van der Waals surface area contributed by atoms with Gasteiger partial charge in [-0.25, -0.2) is 4.79 Å². The zero-order valence-electron chi connectivity index (χ0n) is 19.7. The molecule has 3 aliphatic rings. The Labute approximate surface area is 205 Å². The van der Waals surface area contributed by atoms with Crippen molar-refractivity contribution in [3.05, 3.63) is 59.7 Å². The van der Waals surface area contributed by atoms with E-state index in [-0.39, 0.29) is 42.1 Å².